The first kappa shape index (κ1) is 86.3. The van der Waals surface area contributed by atoms with Gasteiger partial charge < -0.3 is 43.6 Å². The van der Waals surface area contributed by atoms with Crippen LogP contribution in [0.1, 0.15) is 197 Å². The number of carbonyl (C=O) groups is 3. The number of aryl methyl sites for hydroxylation is 5. The fourth-order valence-corrected chi connectivity index (χ4v) is 16.4. The number of anilines is 3. The number of amides is 3. The quantitative estimate of drug-likeness (QED) is 0.0314. The summed E-state index contributed by atoms with van der Waals surface area (Å²) in [6, 6.07) is 11.4. The maximum Gasteiger partial charge on any atom is 0.399 e. The van der Waals surface area contributed by atoms with E-state index in [1.807, 2.05) is 14.2 Å². The first-order valence-electron chi connectivity index (χ1n) is 44.8. The lowest BCUT2D eigenvalue weighted by atomic mass is 9.92. The molecule has 0 radical (unpaired) electrons. The van der Waals surface area contributed by atoms with E-state index in [0.717, 1.165) is 44.0 Å². The van der Waals surface area contributed by atoms with E-state index < -0.39 is 196 Å². The molecule has 3 aliphatic heterocycles. The summed E-state index contributed by atoms with van der Waals surface area (Å²) < 4.78 is 343. The monoisotopic (exact) mass is 1940 g/mol. The maximum absolute atomic E-state index is 13.6. The van der Waals surface area contributed by atoms with Crippen LogP contribution in [0.25, 0.3) is 17.5 Å². The third-order valence-electron chi connectivity index (χ3n) is 20.3. The molecule has 0 bridgehead atoms. The first-order valence-corrected chi connectivity index (χ1v) is 42.2. The number of nitrogens with one attached hydrogen (secondary N) is 4. The summed E-state index contributed by atoms with van der Waals surface area (Å²) in [4.78, 5) is 60.2. The van der Waals surface area contributed by atoms with E-state index in [0.29, 0.717) is 11.1 Å². The summed E-state index contributed by atoms with van der Waals surface area (Å²) in [6.07, 6.45) is -12.0. The van der Waals surface area contributed by atoms with E-state index >= 15 is 0 Å². The molecule has 3 fully saturated rings. The Morgan fingerprint density at radius 1 is 0.523 bits per heavy atom. The molecule has 9 aromatic rings. The van der Waals surface area contributed by atoms with Gasteiger partial charge in [-0.2, -0.15) is 85.1 Å². The predicted octanol–water partition coefficient (Wildman–Crippen LogP) is 13.6. The Kier molecular flexibility index (Phi) is 26.7. The minimum atomic E-state index is -4.77. The van der Waals surface area contributed by atoms with Gasteiger partial charge >= 0.3 is 18.5 Å². The molecule has 3 saturated heterocycles. The van der Waals surface area contributed by atoms with Crippen LogP contribution in [-0.4, -0.2) is 193 Å². The summed E-state index contributed by atoms with van der Waals surface area (Å²) in [5.41, 5.74) is -11.6. The number of aromatic amines is 1. The number of alkyl halides is 9. The van der Waals surface area contributed by atoms with Gasteiger partial charge in [0.2, 0.25) is 17.6 Å². The molecule has 0 saturated carbocycles. The van der Waals surface area contributed by atoms with Crippen molar-refractivity contribution in [3.63, 3.8) is 0 Å². The zero-order valence-electron chi connectivity index (χ0n) is 85.7. The fraction of sp³-hybridized carbons (Fsp3) is 0.531. The molecule has 0 spiro atoms. The molecule has 1 unspecified atom stereocenters. The summed E-state index contributed by atoms with van der Waals surface area (Å²) in [5, 5.41) is 25.6. The van der Waals surface area contributed by atoms with Crippen LogP contribution in [-0.2, 0) is 44.2 Å². The molecule has 0 aliphatic carbocycles. The SMILES string of the molecule is C.S.S.S.[2H]C([2H])(C)[C@@H]1CN(c2nc(-n3ccc(OCC(C)(C)C(F)(F)F)n3)ccc2C(=O)NS(=O)(=O)c2cn(C)nc2C)C(C)(C)C1([2H])[2H].[2H]C([2H])([2H])[C@@H]1CN(c2nc(-n3ccc(OCC(C)(C)C(F)(F)F)n3)ccc2C(=O)NS(=O)(=O)c2c[nH]cc2C)C(C)(C)C1([2H])[2H].[2H]C([2H])([2H])[C@@H]1CN(c2nc(-n3ccc(OCC(C)(CO)C(F)(F)F)n3)ccc2C(=O)NS(=O)(=O)c2cn(C)cc2C)C(C)(C)C1([2H])[2H]. The molecule has 3 aliphatic rings. The van der Waals surface area contributed by atoms with E-state index in [1.54, 1.807) is 20.2 Å². The smallest absolute Gasteiger partial charge is 0.399 e. The number of sulfonamides is 3. The Morgan fingerprint density at radius 3 is 1.20 bits per heavy atom. The van der Waals surface area contributed by atoms with Crippen molar-refractivity contribution < 1.29 is 118 Å². The van der Waals surface area contributed by atoms with Crippen molar-refractivity contribution in [1.29, 1.82) is 0 Å². The predicted molar refractivity (Wildman–Crippen MR) is 477 cm³/mol. The highest BCUT2D eigenvalue weighted by Crippen LogP contribution is 2.45. The standard InChI is InChI=1S/C27H36F3N7O4S.C27H35F3N6O5S.C26H33F3N6O4S.CH4.3H2S/c1-8-18-13-26(5,6)36(14-18)23-19(24(38)34-42(39,40)20-15-35(7)32-17(20)2)9-10-21(31-23)37-12-11-22(33-37)41-16-25(3,4)27(28,29)30;1-17-11-25(3,4)35(12-17)23-19(24(38)33-42(39,40)20-14-34(6)13-18(20)2)7-8-21(31-23)36-10-9-22(32-36)41-16-26(5,15-37)27(28,29)30;1-16-11-25(5,6)34(14-16)22-18(23(36)33-40(37,38)19-13-30-12-17(19)2)7-8-20(31-22)35-10-9-21(32-35)39-15-24(3,4)26(27,28)29;;;;/h9-12,15,18H,8,13-14,16H2,1-7H3,(H,34,38);7-10,13-14,17,37H,11-12,15-16H2,1-6H3,(H,33,38);7-10,12-13,16,30H,11,14-15H2,1-6H3,(H,33,36);1H4;3*1H2/t18-;17-,26?;16-;;;;/m000..../s1/i8D2,13D2;2*1D3,11D2;;;;. The maximum atomic E-state index is 13.6. The second kappa shape index (κ2) is 39.5. The van der Waals surface area contributed by atoms with E-state index in [9.17, 15) is 84.3 Å². The Morgan fingerprint density at radius 2 is 0.891 bits per heavy atom. The molecule has 4 atom stereocenters. The van der Waals surface area contributed by atoms with Gasteiger partial charge in [0, 0.05) is 137 Å². The van der Waals surface area contributed by atoms with Gasteiger partial charge in [0.15, 0.2) is 17.5 Å². The van der Waals surface area contributed by atoms with Gasteiger partial charge in [0.25, 0.3) is 47.8 Å². The number of hydrogen-bond donors (Lipinski definition) is 5. The lowest BCUT2D eigenvalue weighted by Crippen LogP contribution is -2.43. The number of aromatic nitrogens is 13. The molecule has 0 aromatic carbocycles. The van der Waals surface area contributed by atoms with E-state index in [-0.39, 0.29) is 144 Å². The number of aliphatic hydroxyl groups excluding tert-OH is 1. The molecule has 32 nitrogen and oxygen atoms in total. The molecule has 9 aromatic heterocycles. The second-order valence-electron chi connectivity index (χ2n) is 32.7. The molecule has 128 heavy (non-hydrogen) atoms. The number of hydrogen-bond acceptors (Lipinski definition) is 23. The van der Waals surface area contributed by atoms with Crippen LogP contribution in [0, 0.1) is 54.8 Å². The number of H-pyrrole nitrogens is 1. The normalized spacial score (nSPS) is 20.5. The summed E-state index contributed by atoms with van der Waals surface area (Å²) in [6.45, 7) is 9.08. The zero-order chi connectivity index (χ0) is 104. The third-order valence-corrected chi connectivity index (χ3v) is 24.7. The van der Waals surface area contributed by atoms with Crippen molar-refractivity contribution in [2.75, 3.05) is 60.8 Å². The lowest BCUT2D eigenvalue weighted by Gasteiger charge is -2.34. The Bertz CT molecular complexity index is 6450. The van der Waals surface area contributed by atoms with Crippen molar-refractivity contribution in [2.24, 2.45) is 48.1 Å². The average molecular weight is 1940 g/mol. The van der Waals surface area contributed by atoms with Crippen molar-refractivity contribution >= 4 is 106 Å². The minimum Gasteiger partial charge on any atom is -0.476 e. The van der Waals surface area contributed by atoms with E-state index in [4.69, 9.17) is 33.4 Å². The molecule has 710 valence electrons. The molecular formula is C81H114F9N19O13S6. The van der Waals surface area contributed by atoms with Gasteiger partial charge in [-0.15, -0.1) is 15.3 Å². The van der Waals surface area contributed by atoms with Crippen molar-refractivity contribution in [2.45, 2.75) is 200 Å². The van der Waals surface area contributed by atoms with Crippen molar-refractivity contribution in [3.05, 3.63) is 138 Å². The summed E-state index contributed by atoms with van der Waals surface area (Å²) >= 11 is 0. The van der Waals surface area contributed by atoms with Crippen LogP contribution in [0.3, 0.4) is 0 Å². The highest BCUT2D eigenvalue weighted by atomic mass is 32.2. The van der Waals surface area contributed by atoms with Crippen molar-refractivity contribution in [1.82, 2.24) is 77.8 Å². The third kappa shape index (κ3) is 23.9. The Hall–Kier alpha value is -9.71. The number of halogens is 9. The van der Waals surface area contributed by atoms with Gasteiger partial charge in [-0.1, -0.05) is 34.4 Å². The van der Waals surface area contributed by atoms with E-state index in [2.05, 4.69) is 40.3 Å². The van der Waals surface area contributed by atoms with Crippen LogP contribution < -0.4 is 43.1 Å². The van der Waals surface area contributed by atoms with Gasteiger partial charge in [-0.3, -0.25) is 19.1 Å². The van der Waals surface area contributed by atoms with Crippen molar-refractivity contribution in [3.8, 4) is 35.1 Å². The minimum absolute atomic E-state index is 0. The molecule has 12 rings (SSSR count). The molecular weight excluding hydrogens is 1810 g/mol. The molecule has 5 N–H and O–H groups in total. The summed E-state index contributed by atoms with van der Waals surface area (Å²) in [7, 11) is -10.0. The number of carbonyl (C=O) groups excluding carboxylic acids is 3. The van der Waals surface area contributed by atoms with Gasteiger partial charge in [-0.05, 0) is 181 Å². The first-order chi connectivity index (χ1) is 62.5. The van der Waals surface area contributed by atoms with Gasteiger partial charge in [0.1, 0.15) is 57.4 Å². The molecule has 47 heteroatoms. The van der Waals surface area contributed by atoms with Gasteiger partial charge in [-0.25, -0.2) is 68.4 Å². The average Bonchev–Trinajstić information content (AvgIpc) is 1.57. The van der Waals surface area contributed by atoms with Crippen LogP contribution in [0.4, 0.5) is 57.0 Å². The highest BCUT2D eigenvalue weighted by molar-refractivity contribution is 7.90. The lowest BCUT2D eigenvalue weighted by molar-refractivity contribution is -0.237. The topological polar surface area (TPSA) is 378 Å². The number of nitrogens with zero attached hydrogens (tertiary/aromatic N) is 15. The van der Waals surface area contributed by atoms with Crippen LogP contribution >= 0.6 is 40.5 Å². The number of rotatable bonds is 26. The number of pyridine rings is 3. The van der Waals surface area contributed by atoms with Crippen LogP contribution in [0.15, 0.2) is 119 Å². The molecule has 3 amide bonds. The molecule has 12 heterocycles. The second-order valence-corrected chi connectivity index (χ2v) is 37.6. The summed E-state index contributed by atoms with van der Waals surface area (Å²) in [5.74, 6) is -8.75. The van der Waals surface area contributed by atoms with Crippen LogP contribution in [0.2, 0.25) is 0 Å². The Labute approximate surface area is 779 Å². The highest BCUT2D eigenvalue weighted by Gasteiger charge is 2.53. The van der Waals surface area contributed by atoms with Gasteiger partial charge in [0.05, 0.1) is 39.8 Å². The fourth-order valence-electron chi connectivity index (χ4n) is 12.8. The zero-order valence-corrected chi connectivity index (χ0v) is 77.1. The number of aliphatic hydroxyl groups is 1. The van der Waals surface area contributed by atoms with E-state index in [1.165, 1.54) is 196 Å². The Balaban J connectivity index is 0.000000322. The largest absolute Gasteiger partial charge is 0.476 e. The van der Waals surface area contributed by atoms with Crippen LogP contribution in [0.5, 0.6) is 17.6 Å². The number of ether oxygens (including phenoxy) is 3.